The molecule has 12 heteroatoms. The largest absolute Gasteiger partial charge is 0.454 e. The van der Waals surface area contributed by atoms with Gasteiger partial charge in [0.25, 0.3) is 0 Å². The van der Waals surface area contributed by atoms with Gasteiger partial charge in [-0.25, -0.2) is 8.42 Å². The average molecular weight is 558 g/mol. The van der Waals surface area contributed by atoms with Gasteiger partial charge >= 0.3 is 0 Å². The van der Waals surface area contributed by atoms with Gasteiger partial charge in [0.05, 0.1) is 11.4 Å². The Morgan fingerprint density at radius 2 is 1.81 bits per heavy atom. The summed E-state index contributed by atoms with van der Waals surface area (Å²) in [4.78, 5) is 27.7. The van der Waals surface area contributed by atoms with E-state index in [0.29, 0.717) is 33.7 Å². The van der Waals surface area contributed by atoms with Crippen LogP contribution in [0.1, 0.15) is 32.8 Å². The van der Waals surface area contributed by atoms with Crippen LogP contribution < -0.4 is 19.1 Å². The van der Waals surface area contributed by atoms with Crippen molar-refractivity contribution in [2.24, 2.45) is 0 Å². The van der Waals surface area contributed by atoms with Gasteiger partial charge in [-0.1, -0.05) is 36.2 Å². The van der Waals surface area contributed by atoms with Gasteiger partial charge in [0, 0.05) is 29.2 Å². The van der Waals surface area contributed by atoms with Crippen LogP contribution in [-0.4, -0.2) is 56.8 Å². The Labute approximate surface area is 221 Å². The number of carbonyl (C=O) groups is 2. The molecule has 1 N–H and O–H groups in total. The quantitative estimate of drug-likeness (QED) is 0.450. The van der Waals surface area contributed by atoms with Crippen LogP contribution in [-0.2, 0) is 26.2 Å². The Morgan fingerprint density at radius 3 is 2.47 bits per heavy atom. The molecule has 1 aliphatic rings. The number of rotatable bonds is 11. The third-order valence-electron chi connectivity index (χ3n) is 5.70. The van der Waals surface area contributed by atoms with Gasteiger partial charge in [-0.2, -0.15) is 0 Å². The minimum absolute atomic E-state index is 0.0172. The van der Waals surface area contributed by atoms with Crippen LogP contribution in [0.2, 0.25) is 10.0 Å². The standard InChI is InChI=1S/C24H29Cl2N3O6S/c1-4-10-27-24(31)16(3)28(13-17-6-7-18(25)11-20(17)26)23(30)14-29(36(32,33)5-2)19-8-9-21-22(12-19)35-15-34-21/h6-9,11-12,16H,4-5,10,13-15H2,1-3H3,(H,27,31)/t16-/m0/s1. The topological polar surface area (TPSA) is 105 Å². The number of anilines is 1. The summed E-state index contributed by atoms with van der Waals surface area (Å²) in [6.45, 7) is 4.93. The van der Waals surface area contributed by atoms with E-state index in [2.05, 4.69) is 5.32 Å². The minimum Gasteiger partial charge on any atom is -0.454 e. The van der Waals surface area contributed by atoms with E-state index in [1.165, 1.54) is 17.9 Å². The number of fused-ring (bicyclic) bond motifs is 1. The van der Waals surface area contributed by atoms with Crippen molar-refractivity contribution in [2.45, 2.75) is 39.8 Å². The van der Waals surface area contributed by atoms with E-state index < -0.39 is 28.5 Å². The molecule has 9 nitrogen and oxygen atoms in total. The van der Waals surface area contributed by atoms with Crippen LogP contribution in [0.4, 0.5) is 5.69 Å². The lowest BCUT2D eigenvalue weighted by Gasteiger charge is -2.32. The second-order valence-corrected chi connectivity index (χ2v) is 11.2. The normalized spacial score (nSPS) is 13.2. The van der Waals surface area contributed by atoms with Crippen molar-refractivity contribution in [1.29, 1.82) is 0 Å². The van der Waals surface area contributed by atoms with Gasteiger partial charge in [0.15, 0.2) is 11.5 Å². The summed E-state index contributed by atoms with van der Waals surface area (Å²) in [5.74, 6) is -0.296. The molecule has 3 rings (SSSR count). The van der Waals surface area contributed by atoms with E-state index in [1.54, 1.807) is 37.3 Å². The first-order valence-electron chi connectivity index (χ1n) is 11.5. The maximum Gasteiger partial charge on any atom is 0.244 e. The first-order chi connectivity index (χ1) is 17.1. The van der Waals surface area contributed by atoms with Crippen molar-refractivity contribution >= 4 is 50.7 Å². The predicted octanol–water partition coefficient (Wildman–Crippen LogP) is 3.82. The molecule has 0 radical (unpaired) electrons. The van der Waals surface area contributed by atoms with Crippen LogP contribution >= 0.6 is 23.2 Å². The van der Waals surface area contributed by atoms with E-state index >= 15 is 0 Å². The highest BCUT2D eigenvalue weighted by atomic mass is 35.5. The van der Waals surface area contributed by atoms with E-state index in [9.17, 15) is 18.0 Å². The highest BCUT2D eigenvalue weighted by molar-refractivity contribution is 7.92. The molecule has 0 saturated carbocycles. The SMILES string of the molecule is CCCNC(=O)[C@H](C)N(Cc1ccc(Cl)cc1Cl)C(=O)CN(c1ccc2c(c1)OCO2)S(=O)(=O)CC. The van der Waals surface area contributed by atoms with Crippen molar-refractivity contribution < 1.29 is 27.5 Å². The Hall–Kier alpha value is -2.69. The van der Waals surface area contributed by atoms with Gasteiger partial charge in [-0.15, -0.1) is 0 Å². The highest BCUT2D eigenvalue weighted by Crippen LogP contribution is 2.36. The van der Waals surface area contributed by atoms with Crippen LogP contribution in [0.15, 0.2) is 36.4 Å². The molecule has 0 fully saturated rings. The third-order valence-corrected chi connectivity index (χ3v) is 8.02. The molecule has 0 bridgehead atoms. The maximum absolute atomic E-state index is 13.6. The summed E-state index contributed by atoms with van der Waals surface area (Å²) in [5, 5.41) is 3.54. The number of halogens is 2. The fourth-order valence-electron chi connectivity index (χ4n) is 3.57. The maximum atomic E-state index is 13.6. The lowest BCUT2D eigenvalue weighted by molar-refractivity contribution is -0.139. The number of nitrogens with one attached hydrogen (secondary N) is 1. The van der Waals surface area contributed by atoms with Gasteiger partial charge < -0.3 is 19.7 Å². The molecule has 36 heavy (non-hydrogen) atoms. The summed E-state index contributed by atoms with van der Waals surface area (Å²) in [6.07, 6.45) is 0.724. The van der Waals surface area contributed by atoms with Crippen molar-refractivity contribution in [1.82, 2.24) is 10.2 Å². The van der Waals surface area contributed by atoms with Crippen molar-refractivity contribution in [3.8, 4) is 11.5 Å². The molecule has 1 heterocycles. The zero-order valence-electron chi connectivity index (χ0n) is 20.3. The van der Waals surface area contributed by atoms with Crippen LogP contribution in [0.5, 0.6) is 11.5 Å². The molecule has 0 aromatic heterocycles. The number of amides is 2. The smallest absolute Gasteiger partial charge is 0.244 e. The number of ether oxygens (including phenoxy) is 2. The summed E-state index contributed by atoms with van der Waals surface area (Å²) in [7, 11) is -3.86. The second kappa shape index (κ2) is 12.0. The van der Waals surface area contributed by atoms with Gasteiger partial charge in [-0.05, 0) is 50.1 Å². The van der Waals surface area contributed by atoms with Crippen molar-refractivity contribution in [3.63, 3.8) is 0 Å². The number of carbonyl (C=O) groups excluding carboxylic acids is 2. The lowest BCUT2D eigenvalue weighted by Crippen LogP contribution is -2.51. The number of nitrogens with zero attached hydrogens (tertiary/aromatic N) is 2. The molecule has 0 saturated heterocycles. The van der Waals surface area contributed by atoms with E-state index in [-0.39, 0.29) is 30.7 Å². The Bertz CT molecular complexity index is 1220. The van der Waals surface area contributed by atoms with E-state index in [1.807, 2.05) is 6.92 Å². The number of sulfonamides is 1. The van der Waals surface area contributed by atoms with E-state index in [4.69, 9.17) is 32.7 Å². The number of hydrogen-bond acceptors (Lipinski definition) is 6. The monoisotopic (exact) mass is 557 g/mol. The average Bonchev–Trinajstić information content (AvgIpc) is 3.32. The molecule has 2 amide bonds. The number of hydrogen-bond donors (Lipinski definition) is 1. The minimum atomic E-state index is -3.86. The first kappa shape index (κ1) is 27.9. The Kier molecular flexibility index (Phi) is 9.32. The van der Waals surface area contributed by atoms with Crippen molar-refractivity contribution in [3.05, 3.63) is 52.0 Å². The second-order valence-electron chi connectivity index (χ2n) is 8.17. The van der Waals surface area contributed by atoms with Crippen molar-refractivity contribution in [2.75, 3.05) is 29.9 Å². The molecular formula is C24H29Cl2N3O6S. The number of benzene rings is 2. The van der Waals surface area contributed by atoms with Crippen LogP contribution in [0, 0.1) is 0 Å². The summed E-state index contributed by atoms with van der Waals surface area (Å²) in [5.41, 5.74) is 0.819. The molecule has 196 valence electrons. The van der Waals surface area contributed by atoms with Gasteiger partial charge in [0.1, 0.15) is 12.6 Å². The van der Waals surface area contributed by atoms with Crippen LogP contribution in [0.3, 0.4) is 0 Å². The molecule has 1 aliphatic heterocycles. The van der Waals surface area contributed by atoms with Crippen LogP contribution in [0.25, 0.3) is 0 Å². The summed E-state index contributed by atoms with van der Waals surface area (Å²) < 4.78 is 37.7. The van der Waals surface area contributed by atoms with Gasteiger partial charge in [-0.3, -0.25) is 13.9 Å². The molecule has 2 aromatic rings. The lowest BCUT2D eigenvalue weighted by atomic mass is 10.1. The zero-order valence-corrected chi connectivity index (χ0v) is 22.6. The fourth-order valence-corrected chi connectivity index (χ4v) is 5.09. The first-order valence-corrected chi connectivity index (χ1v) is 13.8. The molecule has 0 spiro atoms. The molecule has 0 aliphatic carbocycles. The molecule has 1 atom stereocenters. The Morgan fingerprint density at radius 1 is 1.08 bits per heavy atom. The zero-order chi connectivity index (χ0) is 26.5. The molecular weight excluding hydrogens is 529 g/mol. The van der Waals surface area contributed by atoms with Gasteiger partial charge in [0.2, 0.25) is 28.6 Å². The molecule has 0 unspecified atom stereocenters. The predicted molar refractivity (Wildman–Crippen MR) is 139 cm³/mol. The summed E-state index contributed by atoms with van der Waals surface area (Å²) in [6, 6.07) is 8.61. The fraction of sp³-hybridized carbons (Fsp3) is 0.417. The van der Waals surface area contributed by atoms with E-state index in [0.717, 1.165) is 10.7 Å². The molecule has 2 aromatic carbocycles. The summed E-state index contributed by atoms with van der Waals surface area (Å²) >= 11 is 12.3. The highest BCUT2D eigenvalue weighted by Gasteiger charge is 2.32. The Balaban J connectivity index is 1.95. The third kappa shape index (κ3) is 6.54.